The second-order valence-electron chi connectivity index (χ2n) is 4.32. The highest BCUT2D eigenvalue weighted by Gasteiger charge is 2.01. The summed E-state index contributed by atoms with van der Waals surface area (Å²) >= 11 is 1.88. The number of aliphatic imine (C=N–C) groups is 1. The van der Waals surface area contributed by atoms with E-state index < -0.39 is 0 Å². The molecule has 0 aliphatic rings. The van der Waals surface area contributed by atoms with Crippen molar-refractivity contribution >= 4 is 41.7 Å². The summed E-state index contributed by atoms with van der Waals surface area (Å²) in [7, 11) is 1.82. The molecule has 20 heavy (non-hydrogen) atoms. The lowest BCUT2D eigenvalue weighted by Gasteiger charge is -2.13. The van der Waals surface area contributed by atoms with Crippen molar-refractivity contribution in [1.82, 2.24) is 10.6 Å². The lowest BCUT2D eigenvalue weighted by Crippen LogP contribution is -2.37. The van der Waals surface area contributed by atoms with Gasteiger partial charge in [0.2, 0.25) is 0 Å². The normalized spacial score (nSPS) is 10.8. The molecular weight excluding hydrogens is 381 g/mol. The van der Waals surface area contributed by atoms with E-state index in [1.54, 1.807) is 0 Å². The topological polar surface area (TPSA) is 36.4 Å². The molecule has 1 aromatic rings. The van der Waals surface area contributed by atoms with Gasteiger partial charge >= 0.3 is 0 Å². The fraction of sp³-hybridized carbons (Fsp3) is 0.533. The molecule has 0 atom stereocenters. The number of hydrogen-bond donors (Lipinski definition) is 2. The summed E-state index contributed by atoms with van der Waals surface area (Å²) < 4.78 is 0. The van der Waals surface area contributed by atoms with Crippen molar-refractivity contribution in [2.24, 2.45) is 4.99 Å². The maximum absolute atomic E-state index is 4.24. The van der Waals surface area contributed by atoms with Crippen molar-refractivity contribution in [2.75, 3.05) is 25.6 Å². The van der Waals surface area contributed by atoms with E-state index in [0.29, 0.717) is 0 Å². The Labute approximate surface area is 144 Å². The van der Waals surface area contributed by atoms with E-state index in [4.69, 9.17) is 0 Å². The van der Waals surface area contributed by atoms with Crippen LogP contribution in [-0.2, 0) is 13.0 Å². The Morgan fingerprint density at radius 1 is 1.20 bits per heavy atom. The molecule has 1 aromatic carbocycles. The van der Waals surface area contributed by atoms with E-state index in [1.807, 2.05) is 18.8 Å². The van der Waals surface area contributed by atoms with Gasteiger partial charge in [0.05, 0.1) is 0 Å². The summed E-state index contributed by atoms with van der Waals surface area (Å²) in [6.45, 7) is 3.98. The van der Waals surface area contributed by atoms with Gasteiger partial charge in [-0.15, -0.1) is 24.0 Å². The van der Waals surface area contributed by atoms with E-state index in [-0.39, 0.29) is 24.0 Å². The molecule has 0 radical (unpaired) electrons. The van der Waals surface area contributed by atoms with Crippen molar-refractivity contribution in [1.29, 1.82) is 0 Å². The predicted molar refractivity (Wildman–Crippen MR) is 102 cm³/mol. The Morgan fingerprint density at radius 2 is 1.90 bits per heavy atom. The van der Waals surface area contributed by atoms with E-state index in [0.717, 1.165) is 31.9 Å². The van der Waals surface area contributed by atoms with Crippen molar-refractivity contribution in [2.45, 2.75) is 26.3 Å². The summed E-state index contributed by atoms with van der Waals surface area (Å²) in [5.41, 5.74) is 2.74. The maximum atomic E-state index is 4.24. The quantitative estimate of drug-likeness (QED) is 0.315. The average molecular weight is 407 g/mol. The van der Waals surface area contributed by atoms with E-state index in [2.05, 4.69) is 53.1 Å². The molecule has 0 aliphatic carbocycles. The van der Waals surface area contributed by atoms with Crippen LogP contribution in [0.3, 0.4) is 0 Å². The number of halogens is 1. The van der Waals surface area contributed by atoms with E-state index in [1.165, 1.54) is 16.9 Å². The van der Waals surface area contributed by atoms with Crippen LogP contribution in [0.2, 0.25) is 0 Å². The van der Waals surface area contributed by atoms with Gasteiger partial charge in [0.25, 0.3) is 0 Å². The molecule has 0 saturated carbocycles. The first-order valence-corrected chi connectivity index (χ1v) is 8.21. The third kappa shape index (κ3) is 7.38. The van der Waals surface area contributed by atoms with Crippen LogP contribution in [0.4, 0.5) is 0 Å². The minimum atomic E-state index is 0. The number of hydrogen-bond acceptors (Lipinski definition) is 2. The smallest absolute Gasteiger partial charge is 0.191 e. The molecular formula is C15H26IN3S. The van der Waals surface area contributed by atoms with Crippen molar-refractivity contribution in [3.8, 4) is 0 Å². The molecule has 0 spiro atoms. The predicted octanol–water partition coefficient (Wildman–Crippen LogP) is 3.29. The van der Waals surface area contributed by atoms with Crippen LogP contribution in [0.25, 0.3) is 0 Å². The highest BCUT2D eigenvalue weighted by Crippen LogP contribution is 2.08. The first kappa shape index (κ1) is 19.6. The van der Waals surface area contributed by atoms with Gasteiger partial charge in [0, 0.05) is 20.1 Å². The Kier molecular flexibility index (Phi) is 12.1. The van der Waals surface area contributed by atoms with Gasteiger partial charge in [-0.2, -0.15) is 11.8 Å². The summed E-state index contributed by atoms with van der Waals surface area (Å²) in [5, 5.41) is 6.71. The second-order valence-corrected chi connectivity index (χ2v) is 5.31. The van der Waals surface area contributed by atoms with E-state index >= 15 is 0 Å². The number of thioether (sulfide) groups is 1. The summed E-state index contributed by atoms with van der Waals surface area (Å²) in [4.78, 5) is 4.24. The fourth-order valence-corrected chi connectivity index (χ4v) is 2.33. The van der Waals surface area contributed by atoms with Gasteiger partial charge in [-0.3, -0.25) is 4.99 Å². The lowest BCUT2D eigenvalue weighted by molar-refractivity contribution is 0.782. The number of aryl methyl sites for hydroxylation is 1. The van der Waals surface area contributed by atoms with Gasteiger partial charge in [-0.25, -0.2) is 0 Å². The molecule has 2 N–H and O–H groups in total. The molecule has 3 nitrogen and oxygen atoms in total. The van der Waals surface area contributed by atoms with Gasteiger partial charge in [-0.1, -0.05) is 31.2 Å². The maximum Gasteiger partial charge on any atom is 0.191 e. The number of benzene rings is 1. The van der Waals surface area contributed by atoms with Crippen LogP contribution in [0.5, 0.6) is 0 Å². The Hall–Kier alpha value is -0.430. The minimum Gasteiger partial charge on any atom is -0.356 e. The second kappa shape index (κ2) is 12.3. The van der Waals surface area contributed by atoms with Crippen LogP contribution in [0.15, 0.2) is 29.3 Å². The van der Waals surface area contributed by atoms with Crippen molar-refractivity contribution < 1.29 is 0 Å². The van der Waals surface area contributed by atoms with Crippen molar-refractivity contribution in [3.63, 3.8) is 0 Å². The zero-order chi connectivity index (χ0) is 13.9. The third-order valence-electron chi connectivity index (χ3n) is 2.99. The highest BCUT2D eigenvalue weighted by atomic mass is 127. The molecule has 1 rings (SSSR count). The Bertz CT molecular complexity index is 396. The van der Waals surface area contributed by atoms with E-state index in [9.17, 15) is 0 Å². The minimum absolute atomic E-state index is 0. The Morgan fingerprint density at radius 3 is 2.50 bits per heavy atom. The summed E-state index contributed by atoms with van der Waals surface area (Å²) in [5.74, 6) is 2.06. The van der Waals surface area contributed by atoms with Gasteiger partial charge in [0.1, 0.15) is 0 Å². The molecule has 0 bridgehead atoms. The average Bonchev–Trinajstić information content (AvgIpc) is 2.47. The zero-order valence-electron chi connectivity index (χ0n) is 12.6. The van der Waals surface area contributed by atoms with Gasteiger partial charge in [-0.05, 0) is 36.0 Å². The number of guanidine groups is 1. The van der Waals surface area contributed by atoms with Crippen LogP contribution in [-0.4, -0.2) is 31.6 Å². The first-order valence-electron chi connectivity index (χ1n) is 6.82. The Balaban J connectivity index is 0.00000361. The zero-order valence-corrected chi connectivity index (χ0v) is 15.8. The van der Waals surface area contributed by atoms with Crippen LogP contribution in [0, 0.1) is 0 Å². The van der Waals surface area contributed by atoms with Gasteiger partial charge < -0.3 is 10.6 Å². The van der Waals surface area contributed by atoms with Crippen molar-refractivity contribution in [3.05, 3.63) is 35.4 Å². The highest BCUT2D eigenvalue weighted by molar-refractivity contribution is 14.0. The monoisotopic (exact) mass is 407 g/mol. The molecule has 114 valence electrons. The standard InChI is InChI=1S/C15H25N3S.HI/c1-4-13-8-5-6-9-14(13)12-18-15(16-2)17-10-7-11-19-3;/h5-6,8-9H,4,7,10-12H2,1-3H3,(H2,16,17,18);1H. The molecule has 0 aliphatic heterocycles. The molecule has 0 saturated heterocycles. The van der Waals surface area contributed by atoms with Crippen LogP contribution < -0.4 is 10.6 Å². The fourth-order valence-electron chi connectivity index (χ4n) is 1.90. The molecule has 0 unspecified atom stereocenters. The molecule has 0 amide bonds. The number of rotatable bonds is 7. The van der Waals surface area contributed by atoms with Gasteiger partial charge in [0.15, 0.2) is 5.96 Å². The van der Waals surface area contributed by atoms with Crippen LogP contribution >= 0.6 is 35.7 Å². The molecule has 0 aromatic heterocycles. The third-order valence-corrected chi connectivity index (χ3v) is 3.68. The summed E-state index contributed by atoms with van der Waals surface area (Å²) in [6, 6.07) is 8.54. The molecule has 5 heteroatoms. The summed E-state index contributed by atoms with van der Waals surface area (Å²) in [6.07, 6.45) is 4.36. The molecule has 0 fully saturated rings. The SMILES string of the molecule is CCc1ccccc1CNC(=NC)NCCCSC.I. The molecule has 0 heterocycles. The van der Waals surface area contributed by atoms with Crippen LogP contribution in [0.1, 0.15) is 24.5 Å². The largest absolute Gasteiger partial charge is 0.356 e. The lowest BCUT2D eigenvalue weighted by atomic mass is 10.1. The first-order chi connectivity index (χ1) is 9.31. The number of nitrogens with zero attached hydrogens (tertiary/aromatic N) is 1. The number of nitrogens with one attached hydrogen (secondary N) is 2.